The van der Waals surface area contributed by atoms with Crippen molar-refractivity contribution in [2.24, 2.45) is 0 Å². The van der Waals surface area contributed by atoms with Gasteiger partial charge in [0.15, 0.2) is 0 Å². The van der Waals surface area contributed by atoms with Crippen LogP contribution in [-0.4, -0.2) is 36.9 Å². The Hall–Kier alpha value is -1.73. The van der Waals surface area contributed by atoms with Gasteiger partial charge < -0.3 is 20.1 Å². The minimum absolute atomic E-state index is 0. The molecule has 2 N–H and O–H groups in total. The van der Waals surface area contributed by atoms with Crippen LogP contribution in [0.1, 0.15) is 66.1 Å². The number of hydrogen-bond donors (Lipinski definition) is 2. The molecular formula is C21H34F2N2O3. The molecule has 1 aliphatic rings. The number of ether oxygens (including phenoxy) is 2. The molecule has 160 valence electrons. The molecule has 0 aliphatic carbocycles. The number of carbonyl (C=O) groups is 1. The van der Waals surface area contributed by atoms with Crippen molar-refractivity contribution in [2.45, 2.75) is 78.2 Å². The molecule has 1 saturated heterocycles. The second-order valence-corrected chi connectivity index (χ2v) is 7.91. The van der Waals surface area contributed by atoms with Crippen LogP contribution in [0, 0.1) is 11.6 Å². The van der Waals surface area contributed by atoms with Crippen molar-refractivity contribution in [1.29, 1.82) is 0 Å². The first-order chi connectivity index (χ1) is 12.7. The van der Waals surface area contributed by atoms with E-state index in [2.05, 4.69) is 17.6 Å². The van der Waals surface area contributed by atoms with E-state index < -0.39 is 35.5 Å². The maximum Gasteiger partial charge on any atom is 0.407 e. The van der Waals surface area contributed by atoms with E-state index in [4.69, 9.17) is 9.47 Å². The van der Waals surface area contributed by atoms with Gasteiger partial charge in [-0.05, 0) is 58.4 Å². The number of benzene rings is 1. The number of unbranched alkanes of at least 4 members (excludes halogenated alkanes) is 1. The quantitative estimate of drug-likeness (QED) is 0.679. The minimum atomic E-state index is -0.780. The summed E-state index contributed by atoms with van der Waals surface area (Å²) in [6.07, 6.45) is 1.24. The fourth-order valence-corrected chi connectivity index (χ4v) is 3.09. The van der Waals surface area contributed by atoms with Crippen LogP contribution >= 0.6 is 0 Å². The van der Waals surface area contributed by atoms with Crippen LogP contribution in [0.2, 0.25) is 0 Å². The van der Waals surface area contributed by atoms with Crippen LogP contribution in [0.3, 0.4) is 0 Å². The highest BCUT2D eigenvalue weighted by atomic mass is 19.1. The summed E-state index contributed by atoms with van der Waals surface area (Å²) in [4.78, 5) is 12.2. The fraction of sp³-hybridized carbons (Fsp3) is 0.667. The lowest BCUT2D eigenvalue weighted by atomic mass is 9.93. The Labute approximate surface area is 167 Å². The fourth-order valence-electron chi connectivity index (χ4n) is 3.09. The number of nitrogens with one attached hydrogen (secondary N) is 2. The van der Waals surface area contributed by atoms with Crippen molar-refractivity contribution >= 4 is 6.09 Å². The maximum atomic E-state index is 14.3. The number of amides is 1. The molecule has 1 aromatic rings. The largest absolute Gasteiger partial charge is 0.444 e. The molecule has 3 atom stereocenters. The molecule has 0 radical (unpaired) electrons. The Kier molecular flexibility index (Phi) is 9.30. The second-order valence-electron chi connectivity index (χ2n) is 7.91. The summed E-state index contributed by atoms with van der Waals surface area (Å²) < 4.78 is 39.1. The molecule has 0 bridgehead atoms. The average molecular weight is 401 g/mol. The van der Waals surface area contributed by atoms with E-state index in [1.54, 1.807) is 20.8 Å². The third-order valence-corrected chi connectivity index (χ3v) is 4.31. The molecule has 1 unspecified atom stereocenters. The summed E-state index contributed by atoms with van der Waals surface area (Å²) >= 11 is 0. The van der Waals surface area contributed by atoms with Gasteiger partial charge in [-0.3, -0.25) is 0 Å². The highest BCUT2D eigenvalue weighted by molar-refractivity contribution is 5.68. The second kappa shape index (κ2) is 10.7. The van der Waals surface area contributed by atoms with E-state index in [1.165, 1.54) is 0 Å². The van der Waals surface area contributed by atoms with E-state index in [0.717, 1.165) is 37.6 Å². The van der Waals surface area contributed by atoms with Crippen LogP contribution in [-0.2, 0) is 9.47 Å². The third-order valence-electron chi connectivity index (χ3n) is 4.31. The van der Waals surface area contributed by atoms with Gasteiger partial charge in [0, 0.05) is 11.6 Å². The van der Waals surface area contributed by atoms with Crippen molar-refractivity contribution in [3.05, 3.63) is 35.4 Å². The van der Waals surface area contributed by atoms with Gasteiger partial charge in [-0.25, -0.2) is 13.6 Å². The van der Waals surface area contributed by atoms with E-state index in [1.807, 2.05) is 0 Å². The van der Waals surface area contributed by atoms with Crippen LogP contribution in [0.15, 0.2) is 18.2 Å². The summed E-state index contributed by atoms with van der Waals surface area (Å²) in [6.45, 7) is 8.60. The Morgan fingerprint density at radius 2 is 2.04 bits per heavy atom. The van der Waals surface area contributed by atoms with Crippen LogP contribution < -0.4 is 10.6 Å². The van der Waals surface area contributed by atoms with Gasteiger partial charge in [-0.2, -0.15) is 0 Å². The lowest BCUT2D eigenvalue weighted by Crippen LogP contribution is -2.52. The van der Waals surface area contributed by atoms with Crippen LogP contribution in [0.25, 0.3) is 0 Å². The zero-order chi connectivity index (χ0) is 20.0. The van der Waals surface area contributed by atoms with Crippen LogP contribution in [0.5, 0.6) is 0 Å². The first kappa shape index (κ1) is 24.3. The van der Waals surface area contributed by atoms with Crippen molar-refractivity contribution in [2.75, 3.05) is 13.2 Å². The zero-order valence-corrected chi connectivity index (χ0v) is 16.5. The van der Waals surface area contributed by atoms with Crippen molar-refractivity contribution in [3.63, 3.8) is 0 Å². The van der Waals surface area contributed by atoms with Crippen molar-refractivity contribution in [3.8, 4) is 0 Å². The van der Waals surface area contributed by atoms with E-state index in [9.17, 15) is 13.6 Å². The smallest absolute Gasteiger partial charge is 0.407 e. The van der Waals surface area contributed by atoms with Gasteiger partial charge in [-0.15, -0.1) is 0 Å². The average Bonchev–Trinajstić information content (AvgIpc) is 2.56. The first-order valence-corrected chi connectivity index (χ1v) is 9.49. The molecule has 1 fully saturated rings. The Balaban J connectivity index is 0.00000392. The van der Waals surface area contributed by atoms with E-state index in [0.29, 0.717) is 13.0 Å². The summed E-state index contributed by atoms with van der Waals surface area (Å²) in [5, 5.41) is 6.16. The Morgan fingerprint density at radius 1 is 1.32 bits per heavy atom. The summed E-state index contributed by atoms with van der Waals surface area (Å²) in [7, 11) is 0. The van der Waals surface area contributed by atoms with Gasteiger partial charge in [0.1, 0.15) is 23.3 Å². The van der Waals surface area contributed by atoms with Crippen LogP contribution in [0.4, 0.5) is 13.6 Å². The standard InChI is InChI=1S/C20H30F2N2O3.CH4/c1-5-6-9-23-14-11-17(24-19(25)27-20(2,3)4)18(26-12-14)15-10-13(21)7-8-16(15)22;/h7-8,10,14,17-18,23H,5-6,9,11-12H2,1-4H3,(H,24,25);1H4/t14?,17-,18+;/m0./s1. The molecular weight excluding hydrogens is 366 g/mol. The summed E-state index contributed by atoms with van der Waals surface area (Å²) in [5.74, 6) is -1.11. The molecule has 1 aliphatic heterocycles. The number of rotatable bonds is 6. The molecule has 1 amide bonds. The van der Waals surface area contributed by atoms with Crippen molar-refractivity contribution in [1.82, 2.24) is 10.6 Å². The molecule has 7 heteroatoms. The molecule has 1 heterocycles. The predicted molar refractivity (Wildman–Crippen MR) is 106 cm³/mol. The monoisotopic (exact) mass is 400 g/mol. The molecule has 0 saturated carbocycles. The van der Waals surface area contributed by atoms with Gasteiger partial charge >= 0.3 is 6.09 Å². The lowest BCUT2D eigenvalue weighted by molar-refractivity contribution is -0.0334. The highest BCUT2D eigenvalue weighted by Crippen LogP contribution is 2.31. The Bertz CT molecular complexity index is 635. The third kappa shape index (κ3) is 7.36. The van der Waals surface area contributed by atoms with Gasteiger partial charge in [0.25, 0.3) is 0 Å². The number of halogens is 2. The molecule has 2 rings (SSSR count). The number of carbonyl (C=O) groups excluding carboxylic acids is 1. The maximum absolute atomic E-state index is 14.3. The predicted octanol–water partition coefficient (Wildman–Crippen LogP) is 4.71. The lowest BCUT2D eigenvalue weighted by Gasteiger charge is -2.37. The van der Waals surface area contributed by atoms with Gasteiger partial charge in [0.05, 0.1) is 12.6 Å². The van der Waals surface area contributed by atoms with Gasteiger partial charge in [0.2, 0.25) is 0 Å². The molecule has 28 heavy (non-hydrogen) atoms. The zero-order valence-electron chi connectivity index (χ0n) is 16.5. The summed E-state index contributed by atoms with van der Waals surface area (Å²) in [5.41, 5.74) is -0.555. The van der Waals surface area contributed by atoms with Gasteiger partial charge in [-0.1, -0.05) is 20.8 Å². The number of hydrogen-bond acceptors (Lipinski definition) is 4. The molecule has 5 nitrogen and oxygen atoms in total. The number of alkyl carbamates (subject to hydrolysis) is 1. The van der Waals surface area contributed by atoms with Crippen molar-refractivity contribution < 1.29 is 23.0 Å². The molecule has 0 spiro atoms. The SMILES string of the molecule is C.CCCCNC1CO[C@H](c2cc(F)ccc2F)[C@@H](NC(=O)OC(C)(C)C)C1. The minimum Gasteiger partial charge on any atom is -0.444 e. The molecule has 1 aromatic carbocycles. The normalized spacial score (nSPS) is 22.3. The highest BCUT2D eigenvalue weighted by Gasteiger charge is 2.36. The first-order valence-electron chi connectivity index (χ1n) is 9.49. The van der Waals surface area contributed by atoms with E-state index in [-0.39, 0.29) is 19.0 Å². The topological polar surface area (TPSA) is 59.6 Å². The van der Waals surface area contributed by atoms with E-state index >= 15 is 0 Å². The summed E-state index contributed by atoms with van der Waals surface area (Å²) in [6, 6.07) is 2.74. The Morgan fingerprint density at radius 3 is 2.68 bits per heavy atom. The molecule has 0 aromatic heterocycles.